The molecule has 0 saturated heterocycles. The van der Waals surface area contributed by atoms with Gasteiger partial charge in [-0.25, -0.2) is 4.79 Å². The number of carbonyl (C=O) groups is 1. The van der Waals surface area contributed by atoms with Crippen LogP contribution >= 0.6 is 0 Å². The van der Waals surface area contributed by atoms with Gasteiger partial charge < -0.3 is 20.7 Å². The van der Waals surface area contributed by atoms with Crippen molar-refractivity contribution in [2.75, 3.05) is 26.0 Å². The van der Waals surface area contributed by atoms with Gasteiger partial charge in [-0.3, -0.25) is 5.41 Å². The van der Waals surface area contributed by atoms with Crippen molar-refractivity contribution in [3.05, 3.63) is 24.3 Å². The molecule has 2 amide bonds. The number of nitrogens with two attached hydrogens (primary N) is 1. The Morgan fingerprint density at radius 2 is 2.16 bits per heavy atom. The molecule has 19 heavy (non-hydrogen) atoms. The number of hydrogen-bond donors (Lipinski definition) is 3. The van der Waals surface area contributed by atoms with Gasteiger partial charge in [0.25, 0.3) is 0 Å². The standard InChI is InChI=1S/C13H20N4O2/c1-9(12(14)15)8-17(2)13(18)16-10-6-4-5-7-11(10)19-3/h4-7,9H,8H2,1-3H3,(H3,14,15)(H,16,18). The average molecular weight is 264 g/mol. The molecule has 1 aromatic rings. The molecule has 0 aromatic heterocycles. The molecule has 1 unspecified atom stereocenters. The second kappa shape index (κ2) is 6.63. The zero-order chi connectivity index (χ0) is 14.4. The van der Waals surface area contributed by atoms with Crippen LogP contribution in [0.2, 0.25) is 0 Å². The zero-order valence-electron chi connectivity index (χ0n) is 11.4. The lowest BCUT2D eigenvalue weighted by molar-refractivity contribution is 0.219. The predicted octanol–water partition coefficient (Wildman–Crippen LogP) is 1.73. The summed E-state index contributed by atoms with van der Waals surface area (Å²) in [7, 11) is 3.21. The van der Waals surface area contributed by atoms with Crippen LogP contribution in [0.1, 0.15) is 6.92 Å². The zero-order valence-corrected chi connectivity index (χ0v) is 11.4. The van der Waals surface area contributed by atoms with E-state index in [0.29, 0.717) is 18.0 Å². The molecule has 0 aliphatic rings. The van der Waals surface area contributed by atoms with Crippen LogP contribution in [0.15, 0.2) is 24.3 Å². The van der Waals surface area contributed by atoms with Crippen LogP contribution in [-0.4, -0.2) is 37.5 Å². The van der Waals surface area contributed by atoms with Gasteiger partial charge in [-0.1, -0.05) is 19.1 Å². The second-order valence-electron chi connectivity index (χ2n) is 4.37. The number of amides is 2. The van der Waals surface area contributed by atoms with Crippen molar-refractivity contribution in [2.24, 2.45) is 11.7 Å². The molecule has 0 fully saturated rings. The van der Waals surface area contributed by atoms with E-state index in [1.165, 1.54) is 4.90 Å². The Labute approximate surface area is 113 Å². The summed E-state index contributed by atoms with van der Waals surface area (Å²) in [5, 5.41) is 10.1. The number of urea groups is 1. The Morgan fingerprint density at radius 3 is 2.74 bits per heavy atom. The Kier molecular flexibility index (Phi) is 5.17. The molecule has 0 spiro atoms. The lowest BCUT2D eigenvalue weighted by atomic mass is 10.1. The number of hydrogen-bond acceptors (Lipinski definition) is 3. The molecular weight excluding hydrogens is 244 g/mol. The van der Waals surface area contributed by atoms with Gasteiger partial charge in [0.2, 0.25) is 0 Å². The summed E-state index contributed by atoms with van der Waals surface area (Å²) in [6, 6.07) is 6.91. The number of nitrogens with one attached hydrogen (secondary N) is 2. The summed E-state index contributed by atoms with van der Waals surface area (Å²) < 4.78 is 5.16. The lowest BCUT2D eigenvalue weighted by Crippen LogP contribution is -2.38. The highest BCUT2D eigenvalue weighted by molar-refractivity contribution is 5.91. The minimum atomic E-state index is -0.266. The third kappa shape index (κ3) is 4.17. The number of ether oxygens (including phenoxy) is 1. The van der Waals surface area contributed by atoms with Gasteiger partial charge in [-0.15, -0.1) is 0 Å². The molecule has 1 rings (SSSR count). The van der Waals surface area contributed by atoms with Crippen molar-refractivity contribution in [2.45, 2.75) is 6.92 Å². The molecule has 0 heterocycles. The maximum Gasteiger partial charge on any atom is 0.321 e. The second-order valence-corrected chi connectivity index (χ2v) is 4.37. The maximum atomic E-state index is 12.0. The van der Waals surface area contributed by atoms with Crippen LogP contribution in [-0.2, 0) is 0 Å². The Morgan fingerprint density at radius 1 is 1.53 bits per heavy atom. The molecule has 1 atom stereocenters. The molecule has 0 aliphatic carbocycles. The number of para-hydroxylation sites is 2. The third-order valence-electron chi connectivity index (χ3n) is 2.77. The quantitative estimate of drug-likeness (QED) is 0.558. The van der Waals surface area contributed by atoms with Crippen molar-refractivity contribution >= 4 is 17.6 Å². The average Bonchev–Trinajstić information content (AvgIpc) is 2.38. The normalized spacial score (nSPS) is 11.5. The summed E-state index contributed by atoms with van der Waals surface area (Å²) in [4.78, 5) is 13.5. The van der Waals surface area contributed by atoms with Gasteiger partial charge in [-0.2, -0.15) is 0 Å². The Bertz CT molecular complexity index is 462. The van der Waals surface area contributed by atoms with E-state index in [1.807, 2.05) is 12.1 Å². The lowest BCUT2D eigenvalue weighted by Gasteiger charge is -2.21. The fraction of sp³-hybridized carbons (Fsp3) is 0.385. The first kappa shape index (κ1) is 14.8. The van der Waals surface area contributed by atoms with E-state index in [4.69, 9.17) is 15.9 Å². The van der Waals surface area contributed by atoms with Crippen molar-refractivity contribution in [3.8, 4) is 5.75 Å². The van der Waals surface area contributed by atoms with Crippen molar-refractivity contribution in [1.29, 1.82) is 5.41 Å². The molecule has 0 aliphatic heterocycles. The first-order valence-electron chi connectivity index (χ1n) is 5.94. The van der Waals surface area contributed by atoms with E-state index in [2.05, 4.69) is 5.32 Å². The first-order valence-corrected chi connectivity index (χ1v) is 5.94. The smallest absolute Gasteiger partial charge is 0.321 e. The van der Waals surface area contributed by atoms with E-state index >= 15 is 0 Å². The SMILES string of the molecule is COc1ccccc1NC(=O)N(C)CC(C)C(=N)N. The summed E-state index contributed by atoms with van der Waals surface area (Å²) in [5.74, 6) is 0.495. The summed E-state index contributed by atoms with van der Waals surface area (Å²) in [5.41, 5.74) is 6.00. The molecule has 6 nitrogen and oxygen atoms in total. The van der Waals surface area contributed by atoms with E-state index in [9.17, 15) is 4.79 Å². The predicted molar refractivity (Wildman–Crippen MR) is 75.7 cm³/mol. The van der Waals surface area contributed by atoms with Crippen molar-refractivity contribution < 1.29 is 9.53 Å². The maximum absolute atomic E-state index is 12.0. The van der Waals surface area contributed by atoms with Crippen LogP contribution in [0.25, 0.3) is 0 Å². The van der Waals surface area contributed by atoms with Gasteiger partial charge in [-0.05, 0) is 12.1 Å². The third-order valence-corrected chi connectivity index (χ3v) is 2.77. The molecule has 4 N–H and O–H groups in total. The molecule has 1 aromatic carbocycles. The minimum absolute atomic E-state index is 0.0666. The van der Waals surface area contributed by atoms with E-state index < -0.39 is 0 Å². The summed E-state index contributed by atoms with van der Waals surface area (Å²) >= 11 is 0. The van der Waals surface area contributed by atoms with E-state index in [-0.39, 0.29) is 17.8 Å². The highest BCUT2D eigenvalue weighted by Gasteiger charge is 2.15. The number of benzene rings is 1. The van der Waals surface area contributed by atoms with Gasteiger partial charge >= 0.3 is 6.03 Å². The fourth-order valence-electron chi connectivity index (χ4n) is 1.55. The number of carbonyl (C=O) groups excluding carboxylic acids is 1. The van der Waals surface area contributed by atoms with Crippen molar-refractivity contribution in [3.63, 3.8) is 0 Å². The highest BCUT2D eigenvalue weighted by atomic mass is 16.5. The van der Waals surface area contributed by atoms with Crippen LogP contribution < -0.4 is 15.8 Å². The monoisotopic (exact) mass is 264 g/mol. The van der Waals surface area contributed by atoms with Crippen LogP contribution in [0.4, 0.5) is 10.5 Å². The Hall–Kier alpha value is -2.24. The molecular formula is C13H20N4O2. The summed E-state index contributed by atoms with van der Waals surface area (Å²) in [6.45, 7) is 2.19. The van der Waals surface area contributed by atoms with Gasteiger partial charge in [0.05, 0.1) is 18.6 Å². The molecule has 0 saturated carbocycles. The van der Waals surface area contributed by atoms with E-state index in [1.54, 1.807) is 33.2 Å². The van der Waals surface area contributed by atoms with E-state index in [0.717, 1.165) is 0 Å². The fourth-order valence-corrected chi connectivity index (χ4v) is 1.55. The Balaban J connectivity index is 2.66. The number of nitrogens with zero attached hydrogens (tertiary/aromatic N) is 1. The van der Waals surface area contributed by atoms with Crippen LogP contribution in [0, 0.1) is 11.3 Å². The molecule has 104 valence electrons. The van der Waals surface area contributed by atoms with Gasteiger partial charge in [0.15, 0.2) is 0 Å². The number of methoxy groups -OCH3 is 1. The van der Waals surface area contributed by atoms with Crippen LogP contribution in [0.3, 0.4) is 0 Å². The minimum Gasteiger partial charge on any atom is -0.495 e. The largest absolute Gasteiger partial charge is 0.495 e. The van der Waals surface area contributed by atoms with Gasteiger partial charge in [0.1, 0.15) is 5.75 Å². The molecule has 0 bridgehead atoms. The molecule has 6 heteroatoms. The number of rotatable bonds is 5. The number of amidine groups is 1. The van der Waals surface area contributed by atoms with Gasteiger partial charge in [0, 0.05) is 19.5 Å². The van der Waals surface area contributed by atoms with Crippen LogP contribution in [0.5, 0.6) is 5.75 Å². The summed E-state index contributed by atoms with van der Waals surface area (Å²) in [6.07, 6.45) is 0. The highest BCUT2D eigenvalue weighted by Crippen LogP contribution is 2.23. The van der Waals surface area contributed by atoms with Crippen molar-refractivity contribution in [1.82, 2.24) is 4.90 Å². The first-order chi connectivity index (χ1) is 8.95. The topological polar surface area (TPSA) is 91.4 Å². The number of anilines is 1. The molecule has 0 radical (unpaired) electrons.